The van der Waals surface area contributed by atoms with Gasteiger partial charge in [-0.05, 0) is 61.7 Å². The Kier molecular flexibility index (Phi) is 5.58. The molecular weight excluding hydrogens is 338 g/mol. The Bertz CT molecular complexity index is 657. The largest absolute Gasteiger partial charge is 0.358 e. The minimum atomic E-state index is 0.382. The fourth-order valence-corrected chi connectivity index (χ4v) is 5.36. The van der Waals surface area contributed by atoms with Gasteiger partial charge in [0, 0.05) is 17.7 Å². The van der Waals surface area contributed by atoms with Crippen molar-refractivity contribution in [1.82, 2.24) is 10.3 Å². The van der Waals surface area contributed by atoms with Gasteiger partial charge in [0.05, 0.1) is 6.54 Å². The summed E-state index contributed by atoms with van der Waals surface area (Å²) >= 11 is 5.77. The van der Waals surface area contributed by atoms with E-state index in [-0.39, 0.29) is 0 Å². The summed E-state index contributed by atoms with van der Waals surface area (Å²) < 4.78 is 0. The lowest BCUT2D eigenvalue weighted by Crippen LogP contribution is -2.44. The average Bonchev–Trinajstić information content (AvgIpc) is 3.38. The molecule has 3 nitrogen and oxygen atoms in total. The molecule has 0 spiro atoms. The van der Waals surface area contributed by atoms with Crippen LogP contribution in [0, 0.1) is 11.8 Å². The predicted octanol–water partition coefficient (Wildman–Crippen LogP) is 5.09. The Morgan fingerprint density at radius 3 is 2.73 bits per heavy atom. The van der Waals surface area contributed by atoms with Gasteiger partial charge in [-0.2, -0.15) is 5.10 Å². The van der Waals surface area contributed by atoms with Crippen LogP contribution < -0.4 is 5.32 Å². The molecule has 1 aliphatic heterocycles. The van der Waals surface area contributed by atoms with Crippen molar-refractivity contribution < 1.29 is 0 Å². The zero-order valence-corrected chi connectivity index (χ0v) is 16.7. The van der Waals surface area contributed by atoms with Gasteiger partial charge in [-0.3, -0.25) is 0 Å². The summed E-state index contributed by atoms with van der Waals surface area (Å²) in [7, 11) is 0. The maximum atomic E-state index is 5.77. The van der Waals surface area contributed by atoms with Gasteiger partial charge in [0.25, 0.3) is 0 Å². The molecule has 4 rings (SSSR count). The van der Waals surface area contributed by atoms with Gasteiger partial charge in [0.15, 0.2) is 5.11 Å². The third-order valence-electron chi connectivity index (χ3n) is 6.53. The first-order valence-electron chi connectivity index (χ1n) is 10.4. The van der Waals surface area contributed by atoms with Crippen LogP contribution in [-0.4, -0.2) is 28.4 Å². The second-order valence-electron chi connectivity index (χ2n) is 8.32. The van der Waals surface area contributed by atoms with E-state index < -0.39 is 0 Å². The Morgan fingerprint density at radius 1 is 1.19 bits per heavy atom. The van der Waals surface area contributed by atoms with Crippen molar-refractivity contribution in [1.29, 1.82) is 0 Å². The maximum Gasteiger partial charge on any atom is 0.189 e. The van der Waals surface area contributed by atoms with E-state index in [4.69, 9.17) is 17.3 Å². The Hall–Kier alpha value is -1.42. The molecule has 2 aliphatic carbocycles. The number of hydrazone groups is 1. The molecule has 0 amide bonds. The number of hydrogen-bond acceptors (Lipinski definition) is 2. The van der Waals surface area contributed by atoms with Crippen molar-refractivity contribution in [3.05, 3.63) is 35.9 Å². The molecule has 4 heteroatoms. The van der Waals surface area contributed by atoms with Gasteiger partial charge in [0.1, 0.15) is 0 Å². The quantitative estimate of drug-likeness (QED) is 0.559. The van der Waals surface area contributed by atoms with E-state index in [1.165, 1.54) is 56.2 Å². The second-order valence-corrected chi connectivity index (χ2v) is 8.71. The van der Waals surface area contributed by atoms with Crippen molar-refractivity contribution in [3.63, 3.8) is 0 Å². The molecule has 1 N–H and O–H groups in total. The molecule has 0 radical (unpaired) electrons. The summed E-state index contributed by atoms with van der Waals surface area (Å²) in [5.41, 5.74) is 2.68. The highest BCUT2D eigenvalue weighted by Crippen LogP contribution is 2.44. The van der Waals surface area contributed by atoms with Crippen molar-refractivity contribution in [2.24, 2.45) is 16.9 Å². The van der Waals surface area contributed by atoms with E-state index in [1.54, 1.807) is 0 Å². The lowest BCUT2D eigenvalue weighted by molar-refractivity contribution is 0.370. The summed E-state index contributed by atoms with van der Waals surface area (Å²) in [4.78, 5) is 0. The fraction of sp³-hybridized carbons (Fsp3) is 0.636. The molecule has 3 aliphatic rings. The Balaban J connectivity index is 1.43. The van der Waals surface area contributed by atoms with E-state index in [2.05, 4.69) is 47.6 Å². The van der Waals surface area contributed by atoms with Crippen LogP contribution >= 0.6 is 12.2 Å². The van der Waals surface area contributed by atoms with Gasteiger partial charge in [-0.15, -0.1) is 0 Å². The summed E-state index contributed by atoms with van der Waals surface area (Å²) in [6.45, 7) is 3.14. The molecule has 1 aromatic rings. The number of nitrogens with zero attached hydrogens (tertiary/aromatic N) is 2. The number of hydrogen-bond donors (Lipinski definition) is 1. The first-order chi connectivity index (χ1) is 12.7. The number of fused-ring (bicyclic) bond motifs is 2. The highest BCUT2D eigenvalue weighted by molar-refractivity contribution is 7.80. The predicted molar refractivity (Wildman–Crippen MR) is 112 cm³/mol. The molecule has 1 aromatic carbocycles. The highest BCUT2D eigenvalue weighted by atomic mass is 32.1. The lowest BCUT2D eigenvalue weighted by Gasteiger charge is -2.27. The molecule has 1 heterocycles. The number of rotatable bonds is 6. The van der Waals surface area contributed by atoms with E-state index in [1.807, 2.05) is 0 Å². The zero-order chi connectivity index (χ0) is 17.9. The first-order valence-corrected chi connectivity index (χ1v) is 10.9. The molecule has 4 atom stereocenters. The molecule has 140 valence electrons. The number of unbranched alkanes of at least 4 members (excludes halogenated alkanes) is 2. The molecule has 4 unspecified atom stereocenters. The van der Waals surface area contributed by atoms with Crippen molar-refractivity contribution in [3.8, 4) is 0 Å². The van der Waals surface area contributed by atoms with Crippen LogP contribution in [0.1, 0.15) is 69.8 Å². The van der Waals surface area contributed by atoms with Gasteiger partial charge in [-0.1, -0.05) is 56.5 Å². The average molecular weight is 370 g/mol. The van der Waals surface area contributed by atoms with Gasteiger partial charge >= 0.3 is 0 Å². The number of thiocarbonyl (C=S) groups is 1. The van der Waals surface area contributed by atoms with Crippen LogP contribution in [0.5, 0.6) is 0 Å². The standard InChI is InChI=1S/C22H31N3S/c1-2-3-5-10-20-19(17-8-6-4-7-9-17)15-25(24-20)22(26)23-21-14-16-11-12-18(21)13-16/h4,6-9,16,18-19,21H,2-3,5,10-15H2,1H3,(H,23,26). The van der Waals surface area contributed by atoms with Gasteiger partial charge in [-0.25, -0.2) is 5.01 Å². The number of benzene rings is 1. The summed E-state index contributed by atoms with van der Waals surface area (Å²) in [5.74, 6) is 2.15. The van der Waals surface area contributed by atoms with E-state index in [0.717, 1.165) is 29.9 Å². The van der Waals surface area contributed by atoms with E-state index in [9.17, 15) is 0 Å². The van der Waals surface area contributed by atoms with Crippen LogP contribution in [0.3, 0.4) is 0 Å². The van der Waals surface area contributed by atoms with Gasteiger partial charge in [0.2, 0.25) is 0 Å². The van der Waals surface area contributed by atoms with E-state index >= 15 is 0 Å². The van der Waals surface area contributed by atoms with Crippen LogP contribution in [0.4, 0.5) is 0 Å². The molecule has 26 heavy (non-hydrogen) atoms. The summed E-state index contributed by atoms with van der Waals surface area (Å²) in [5, 5.41) is 11.5. The van der Waals surface area contributed by atoms with Crippen molar-refractivity contribution in [2.45, 2.75) is 70.3 Å². The lowest BCUT2D eigenvalue weighted by atomic mass is 9.92. The van der Waals surface area contributed by atoms with Crippen molar-refractivity contribution in [2.75, 3.05) is 6.54 Å². The summed E-state index contributed by atoms with van der Waals surface area (Å²) in [6.07, 6.45) is 10.3. The van der Waals surface area contributed by atoms with Crippen LogP contribution in [0.2, 0.25) is 0 Å². The third-order valence-corrected chi connectivity index (χ3v) is 6.86. The molecular formula is C22H31N3S. The number of nitrogens with one attached hydrogen (secondary N) is 1. The fourth-order valence-electron chi connectivity index (χ4n) is 5.09. The molecule has 2 saturated carbocycles. The molecule has 2 bridgehead atoms. The first kappa shape index (κ1) is 18.0. The topological polar surface area (TPSA) is 27.6 Å². The minimum Gasteiger partial charge on any atom is -0.358 e. The molecule has 0 aromatic heterocycles. The third kappa shape index (κ3) is 3.80. The smallest absolute Gasteiger partial charge is 0.189 e. The van der Waals surface area contributed by atoms with Crippen molar-refractivity contribution >= 4 is 23.0 Å². The Morgan fingerprint density at radius 2 is 2.04 bits per heavy atom. The Labute approximate surface area is 163 Å². The SMILES string of the molecule is CCCCCC1=NN(C(=S)NC2CC3CCC2C3)CC1c1ccccc1. The van der Waals surface area contributed by atoms with E-state index in [0.29, 0.717) is 12.0 Å². The normalized spacial score (nSPS) is 29.9. The maximum absolute atomic E-state index is 5.77. The monoisotopic (exact) mass is 369 g/mol. The molecule has 0 saturated heterocycles. The molecule has 2 fully saturated rings. The zero-order valence-electron chi connectivity index (χ0n) is 15.9. The second kappa shape index (κ2) is 8.08. The highest BCUT2D eigenvalue weighted by Gasteiger charge is 2.40. The summed E-state index contributed by atoms with van der Waals surface area (Å²) in [6, 6.07) is 11.4. The van der Waals surface area contributed by atoms with Crippen LogP contribution in [0.15, 0.2) is 35.4 Å². The van der Waals surface area contributed by atoms with Crippen LogP contribution in [-0.2, 0) is 0 Å². The van der Waals surface area contributed by atoms with Crippen LogP contribution in [0.25, 0.3) is 0 Å². The minimum absolute atomic E-state index is 0.382. The van der Waals surface area contributed by atoms with Gasteiger partial charge < -0.3 is 5.32 Å².